The smallest absolute Gasteiger partial charge is 0.232 e. The third-order valence-corrected chi connectivity index (χ3v) is 2.45. The topological polar surface area (TPSA) is 46.3 Å². The largest absolute Gasteiger partial charge is 0.329 e. The molecule has 0 fully saturated rings. The van der Waals surface area contributed by atoms with E-state index in [0.717, 1.165) is 12.1 Å². The fourth-order valence-electron chi connectivity index (χ4n) is 1.53. The summed E-state index contributed by atoms with van der Waals surface area (Å²) in [5.41, 5.74) is 5.16. The van der Waals surface area contributed by atoms with Gasteiger partial charge >= 0.3 is 0 Å². The Balaban J connectivity index is 3.12. The molecule has 0 heterocycles. The lowest BCUT2D eigenvalue weighted by molar-refractivity contribution is -0.125. The first-order chi connectivity index (χ1) is 8.27. The molecule has 2 N–H and O–H groups in total. The Morgan fingerprint density at radius 3 is 2.33 bits per heavy atom. The SMILES string of the molecule is CC(C)(C)C(=O)N(CCN)c1ccc(F)c(F)c1. The molecule has 0 aliphatic rings. The number of hydrogen-bond acceptors (Lipinski definition) is 2. The van der Waals surface area contributed by atoms with Crippen molar-refractivity contribution in [2.45, 2.75) is 20.8 Å². The van der Waals surface area contributed by atoms with Crippen molar-refractivity contribution in [2.24, 2.45) is 11.1 Å². The number of nitrogens with zero attached hydrogens (tertiary/aromatic N) is 1. The van der Waals surface area contributed by atoms with Gasteiger partial charge in [-0.05, 0) is 12.1 Å². The second kappa shape index (κ2) is 5.44. The van der Waals surface area contributed by atoms with Gasteiger partial charge in [0.05, 0.1) is 0 Å². The van der Waals surface area contributed by atoms with Gasteiger partial charge in [-0.3, -0.25) is 4.79 Å². The highest BCUT2D eigenvalue weighted by Crippen LogP contribution is 2.24. The molecule has 0 saturated carbocycles. The molecule has 1 rings (SSSR count). The van der Waals surface area contributed by atoms with Crippen molar-refractivity contribution in [3.63, 3.8) is 0 Å². The van der Waals surface area contributed by atoms with E-state index in [1.165, 1.54) is 11.0 Å². The number of halogens is 2. The summed E-state index contributed by atoms with van der Waals surface area (Å²) >= 11 is 0. The van der Waals surface area contributed by atoms with Crippen molar-refractivity contribution in [1.29, 1.82) is 0 Å². The van der Waals surface area contributed by atoms with Gasteiger partial charge in [0.25, 0.3) is 0 Å². The molecular formula is C13H18F2N2O. The number of benzene rings is 1. The Kier molecular flexibility index (Phi) is 4.40. The predicted molar refractivity (Wildman–Crippen MR) is 67.2 cm³/mol. The molecular weight excluding hydrogens is 238 g/mol. The van der Waals surface area contributed by atoms with E-state index in [0.29, 0.717) is 5.69 Å². The Morgan fingerprint density at radius 1 is 1.28 bits per heavy atom. The van der Waals surface area contributed by atoms with Crippen LogP contribution in [0, 0.1) is 17.0 Å². The second-order valence-electron chi connectivity index (χ2n) is 5.09. The summed E-state index contributed by atoms with van der Waals surface area (Å²) in [7, 11) is 0. The van der Waals surface area contributed by atoms with Gasteiger partial charge in [-0.1, -0.05) is 20.8 Å². The number of amides is 1. The second-order valence-corrected chi connectivity index (χ2v) is 5.09. The molecule has 1 amide bonds. The van der Waals surface area contributed by atoms with E-state index in [-0.39, 0.29) is 19.0 Å². The number of anilines is 1. The highest BCUT2D eigenvalue weighted by atomic mass is 19.2. The third-order valence-electron chi connectivity index (χ3n) is 2.45. The Hall–Kier alpha value is -1.49. The number of nitrogens with two attached hydrogens (primary N) is 1. The molecule has 0 aliphatic heterocycles. The maximum atomic E-state index is 13.2. The molecule has 18 heavy (non-hydrogen) atoms. The third kappa shape index (κ3) is 3.26. The van der Waals surface area contributed by atoms with Crippen LogP contribution in [0.3, 0.4) is 0 Å². The summed E-state index contributed by atoms with van der Waals surface area (Å²) in [6.07, 6.45) is 0. The van der Waals surface area contributed by atoms with Crippen LogP contribution in [-0.4, -0.2) is 19.0 Å². The molecule has 0 atom stereocenters. The van der Waals surface area contributed by atoms with Crippen molar-refractivity contribution in [1.82, 2.24) is 0 Å². The van der Waals surface area contributed by atoms with Gasteiger partial charge in [0.1, 0.15) is 0 Å². The van der Waals surface area contributed by atoms with Crippen molar-refractivity contribution in [2.75, 3.05) is 18.0 Å². The van der Waals surface area contributed by atoms with Crippen molar-refractivity contribution in [3.05, 3.63) is 29.8 Å². The molecule has 5 heteroatoms. The van der Waals surface area contributed by atoms with Crippen molar-refractivity contribution in [3.8, 4) is 0 Å². The van der Waals surface area contributed by atoms with Gasteiger partial charge in [-0.2, -0.15) is 0 Å². The Morgan fingerprint density at radius 2 is 1.89 bits per heavy atom. The molecule has 0 spiro atoms. The zero-order valence-corrected chi connectivity index (χ0v) is 10.8. The molecule has 1 aromatic rings. The lowest BCUT2D eigenvalue weighted by Gasteiger charge is -2.29. The van der Waals surface area contributed by atoms with Crippen LogP contribution < -0.4 is 10.6 Å². The van der Waals surface area contributed by atoms with Crippen LogP contribution in [0.4, 0.5) is 14.5 Å². The summed E-state index contributed by atoms with van der Waals surface area (Å²) in [6.45, 7) is 5.80. The average Bonchev–Trinajstić information content (AvgIpc) is 2.28. The summed E-state index contributed by atoms with van der Waals surface area (Å²) in [5.74, 6) is -2.09. The minimum Gasteiger partial charge on any atom is -0.329 e. The summed E-state index contributed by atoms with van der Waals surface area (Å²) in [4.78, 5) is 13.6. The van der Waals surface area contributed by atoms with Gasteiger partial charge in [-0.15, -0.1) is 0 Å². The minimum absolute atomic E-state index is 0.182. The first-order valence-electron chi connectivity index (χ1n) is 5.74. The molecule has 100 valence electrons. The van der Waals surface area contributed by atoms with Crippen LogP contribution in [0.15, 0.2) is 18.2 Å². The molecule has 0 unspecified atom stereocenters. The van der Waals surface area contributed by atoms with Crippen molar-refractivity contribution >= 4 is 11.6 Å². The first kappa shape index (κ1) is 14.6. The van der Waals surface area contributed by atoms with Gasteiger partial charge < -0.3 is 10.6 Å². The van der Waals surface area contributed by atoms with E-state index in [1.807, 2.05) is 0 Å². The molecule has 0 aromatic heterocycles. The molecule has 0 aliphatic carbocycles. The van der Waals surface area contributed by atoms with Gasteiger partial charge in [0, 0.05) is 30.3 Å². The lowest BCUT2D eigenvalue weighted by Crippen LogP contribution is -2.42. The molecule has 1 aromatic carbocycles. The van der Waals surface area contributed by atoms with E-state index < -0.39 is 17.0 Å². The number of carbonyl (C=O) groups excluding carboxylic acids is 1. The lowest BCUT2D eigenvalue weighted by atomic mass is 9.94. The Bertz CT molecular complexity index is 441. The number of carbonyl (C=O) groups is 1. The molecule has 0 radical (unpaired) electrons. The van der Waals surface area contributed by atoms with Crippen LogP contribution in [0.5, 0.6) is 0 Å². The normalized spacial score (nSPS) is 11.4. The average molecular weight is 256 g/mol. The van der Waals surface area contributed by atoms with E-state index in [2.05, 4.69) is 0 Å². The van der Waals surface area contributed by atoms with Crippen LogP contribution in [0.1, 0.15) is 20.8 Å². The predicted octanol–water partition coefficient (Wildman–Crippen LogP) is 2.30. The fourth-order valence-corrected chi connectivity index (χ4v) is 1.53. The summed E-state index contributed by atoms with van der Waals surface area (Å²) in [6, 6.07) is 3.39. The summed E-state index contributed by atoms with van der Waals surface area (Å²) < 4.78 is 26.1. The zero-order chi connectivity index (χ0) is 13.9. The standard InChI is InChI=1S/C13H18F2N2O/c1-13(2,3)12(18)17(7-6-16)9-4-5-10(14)11(15)8-9/h4-5,8H,6-7,16H2,1-3H3. The van der Waals surface area contributed by atoms with Gasteiger partial charge in [0.2, 0.25) is 5.91 Å². The maximum Gasteiger partial charge on any atom is 0.232 e. The van der Waals surface area contributed by atoms with E-state index in [4.69, 9.17) is 5.73 Å². The maximum absolute atomic E-state index is 13.2. The van der Waals surface area contributed by atoms with E-state index >= 15 is 0 Å². The minimum atomic E-state index is -0.976. The summed E-state index contributed by atoms with van der Waals surface area (Å²) in [5, 5.41) is 0. The van der Waals surface area contributed by atoms with Crippen LogP contribution in [0.25, 0.3) is 0 Å². The number of hydrogen-bond donors (Lipinski definition) is 1. The van der Waals surface area contributed by atoms with Crippen molar-refractivity contribution < 1.29 is 13.6 Å². The molecule has 0 saturated heterocycles. The zero-order valence-electron chi connectivity index (χ0n) is 10.8. The monoisotopic (exact) mass is 256 g/mol. The first-order valence-corrected chi connectivity index (χ1v) is 5.74. The van der Waals surface area contributed by atoms with Crippen LogP contribution in [0.2, 0.25) is 0 Å². The van der Waals surface area contributed by atoms with Gasteiger partial charge in [-0.25, -0.2) is 8.78 Å². The van der Waals surface area contributed by atoms with Crippen LogP contribution in [-0.2, 0) is 4.79 Å². The molecule has 3 nitrogen and oxygen atoms in total. The van der Waals surface area contributed by atoms with Gasteiger partial charge in [0.15, 0.2) is 11.6 Å². The van der Waals surface area contributed by atoms with Crippen LogP contribution >= 0.6 is 0 Å². The number of rotatable bonds is 3. The fraction of sp³-hybridized carbons (Fsp3) is 0.462. The molecule has 0 bridgehead atoms. The highest BCUT2D eigenvalue weighted by molar-refractivity contribution is 5.96. The Labute approximate surface area is 106 Å². The van der Waals surface area contributed by atoms with E-state index in [1.54, 1.807) is 20.8 Å². The quantitative estimate of drug-likeness (QED) is 0.902. The highest BCUT2D eigenvalue weighted by Gasteiger charge is 2.28. The van der Waals surface area contributed by atoms with E-state index in [9.17, 15) is 13.6 Å².